The van der Waals surface area contributed by atoms with Crippen LogP contribution in [0, 0.1) is 10.8 Å². The summed E-state index contributed by atoms with van der Waals surface area (Å²) in [5.74, 6) is -4.32. The molecule has 2 atom stereocenters. The second-order valence-corrected chi connectivity index (χ2v) is 6.23. The fourth-order valence-corrected chi connectivity index (χ4v) is 3.59. The maximum absolute atomic E-state index is 12.0. The first kappa shape index (κ1) is 18.3. The number of aliphatic carboxylic acids is 1. The van der Waals surface area contributed by atoms with Gasteiger partial charge in [-0.1, -0.05) is 12.1 Å². The largest absolute Gasteiger partial charge is 0.479 e. The molecule has 2 rings (SSSR count). The number of hydrogen-bond acceptors (Lipinski definition) is 7. The molecule has 1 amide bonds. The number of aromatic nitrogens is 1. The zero-order chi connectivity index (χ0) is 18.6. The summed E-state index contributed by atoms with van der Waals surface area (Å²) in [4.78, 5) is 43.4. The van der Waals surface area contributed by atoms with E-state index in [0.29, 0.717) is 10.2 Å². The number of fused-ring (bicyclic) bond motifs is 1. The third kappa shape index (κ3) is 3.40. The highest BCUT2D eigenvalue weighted by atomic mass is 32.1. The first-order valence-electron chi connectivity index (χ1n) is 7.11. The molecular weight excluding hydrogens is 348 g/mol. The number of guanidine groups is 1. The van der Waals surface area contributed by atoms with Crippen molar-refractivity contribution in [2.75, 3.05) is 6.54 Å². The molecule has 0 aliphatic rings. The molecule has 0 radical (unpaired) electrons. The minimum Gasteiger partial charge on any atom is -0.479 e. The quantitative estimate of drug-likeness (QED) is 0.290. The molecule has 0 aliphatic carbocycles. The smallest absolute Gasteiger partial charge is 0.343 e. The van der Waals surface area contributed by atoms with E-state index in [9.17, 15) is 19.6 Å². The van der Waals surface area contributed by atoms with Crippen LogP contribution in [0.2, 0.25) is 0 Å². The van der Waals surface area contributed by atoms with Gasteiger partial charge in [0.1, 0.15) is 5.01 Å². The molecule has 0 saturated carbocycles. The summed E-state index contributed by atoms with van der Waals surface area (Å²) in [7, 11) is 0. The van der Waals surface area contributed by atoms with Gasteiger partial charge in [-0.05, 0) is 23.7 Å². The highest BCUT2D eigenvalue weighted by Gasteiger charge is 2.55. The first-order valence-corrected chi connectivity index (χ1v) is 7.93. The Balaban J connectivity index is 2.57. The molecule has 0 aliphatic heterocycles. The zero-order valence-corrected chi connectivity index (χ0v) is 13.8. The van der Waals surface area contributed by atoms with Crippen molar-refractivity contribution in [3.8, 4) is 0 Å². The molecule has 0 spiro atoms. The van der Waals surface area contributed by atoms with Crippen molar-refractivity contribution in [3.63, 3.8) is 0 Å². The Labute approximate surface area is 145 Å². The van der Waals surface area contributed by atoms with Crippen LogP contribution >= 0.6 is 11.3 Å². The van der Waals surface area contributed by atoms with E-state index in [1.807, 2.05) is 0 Å². The molecule has 25 heavy (non-hydrogen) atoms. The fourth-order valence-electron chi connectivity index (χ4n) is 2.45. The number of carboxylic acids is 1. The number of amides is 1. The number of rotatable bonds is 8. The second-order valence-electron chi connectivity index (χ2n) is 5.20. The summed E-state index contributed by atoms with van der Waals surface area (Å²) in [6, 6.07) is 6.83. The second kappa shape index (κ2) is 7.21. The lowest BCUT2D eigenvalue weighted by atomic mass is 9.82. The van der Waals surface area contributed by atoms with Crippen LogP contribution in [0.5, 0.6) is 0 Å². The Kier molecular flexibility index (Phi) is 5.27. The summed E-state index contributed by atoms with van der Waals surface area (Å²) in [6.45, 7) is -0.0919. The lowest BCUT2D eigenvalue weighted by Gasteiger charge is -2.26. The predicted octanol–water partition coefficient (Wildman–Crippen LogP) is 0.108. The Morgan fingerprint density at radius 1 is 1.28 bits per heavy atom. The molecule has 132 valence electrons. The fraction of sp³-hybridized carbons (Fsp3) is 0.286. The first-order chi connectivity index (χ1) is 11.8. The highest BCUT2D eigenvalue weighted by Crippen LogP contribution is 2.40. The summed E-state index contributed by atoms with van der Waals surface area (Å²) in [6.07, 6.45) is -0.179. The average molecular weight is 364 g/mol. The number of hydrogen-bond donors (Lipinski definition) is 4. The number of primary amides is 1. The van der Waals surface area contributed by atoms with E-state index in [2.05, 4.69) is 15.2 Å². The normalized spacial score (nSPS) is 14.4. The summed E-state index contributed by atoms with van der Waals surface area (Å²) in [5, 5.41) is 12.4. The average Bonchev–Trinajstić information content (AvgIpc) is 2.97. The number of carboxylic acid groups (broad SMARTS) is 1. The van der Waals surface area contributed by atoms with Gasteiger partial charge in [-0.15, -0.1) is 16.2 Å². The van der Waals surface area contributed by atoms with Gasteiger partial charge in [0.15, 0.2) is 5.96 Å². The van der Waals surface area contributed by atoms with E-state index < -0.39 is 23.3 Å². The van der Waals surface area contributed by atoms with E-state index in [0.717, 1.165) is 11.3 Å². The van der Waals surface area contributed by atoms with E-state index in [-0.39, 0.29) is 23.9 Å². The summed E-state index contributed by atoms with van der Waals surface area (Å²) in [5.41, 5.74) is 13.8. The van der Waals surface area contributed by atoms with Crippen LogP contribution in [-0.4, -0.2) is 34.5 Å². The summed E-state index contributed by atoms with van der Waals surface area (Å²) >= 11 is 0.964. The van der Waals surface area contributed by atoms with Crippen molar-refractivity contribution in [3.05, 3.63) is 34.2 Å². The van der Waals surface area contributed by atoms with E-state index >= 15 is 0 Å². The van der Waals surface area contributed by atoms with Crippen LogP contribution in [-0.2, 0) is 15.1 Å². The van der Waals surface area contributed by atoms with E-state index in [4.69, 9.17) is 17.2 Å². The van der Waals surface area contributed by atoms with Crippen LogP contribution < -0.4 is 17.2 Å². The molecule has 10 nitrogen and oxygen atoms in total. The van der Waals surface area contributed by atoms with Crippen molar-refractivity contribution in [2.45, 2.75) is 12.0 Å². The monoisotopic (exact) mass is 364 g/mol. The van der Waals surface area contributed by atoms with Crippen LogP contribution in [0.25, 0.3) is 10.2 Å². The van der Waals surface area contributed by atoms with Gasteiger partial charge in [-0.3, -0.25) is 9.79 Å². The van der Waals surface area contributed by atoms with Crippen LogP contribution in [0.3, 0.4) is 0 Å². The number of nitroso groups, excluding NO2 is 1. The molecule has 11 heteroatoms. The van der Waals surface area contributed by atoms with Crippen LogP contribution in [0.1, 0.15) is 11.4 Å². The number of thiazole rings is 1. The number of aliphatic imine (C=N–C) groups is 1. The molecule has 1 heterocycles. The minimum atomic E-state index is -2.45. The van der Waals surface area contributed by atoms with Gasteiger partial charge in [0.05, 0.1) is 16.1 Å². The highest BCUT2D eigenvalue weighted by molar-refractivity contribution is 7.18. The van der Waals surface area contributed by atoms with E-state index in [1.165, 1.54) is 0 Å². The summed E-state index contributed by atoms with van der Waals surface area (Å²) < 4.78 is 0.652. The van der Waals surface area contributed by atoms with Gasteiger partial charge in [0.25, 0.3) is 5.54 Å². The van der Waals surface area contributed by atoms with Gasteiger partial charge in [0, 0.05) is 6.54 Å². The number of para-hydroxylation sites is 1. The van der Waals surface area contributed by atoms with Crippen molar-refractivity contribution >= 4 is 39.4 Å². The lowest BCUT2D eigenvalue weighted by Crippen LogP contribution is -2.47. The Hall–Kier alpha value is -3.08. The number of benzene rings is 1. The van der Waals surface area contributed by atoms with Crippen LogP contribution in [0.15, 0.2) is 34.4 Å². The van der Waals surface area contributed by atoms with Gasteiger partial charge < -0.3 is 22.3 Å². The van der Waals surface area contributed by atoms with Gasteiger partial charge in [0.2, 0.25) is 5.91 Å². The molecular formula is C14H16N6O4S. The number of carbonyl (C=O) groups excluding carboxylic acids is 1. The third-order valence-electron chi connectivity index (χ3n) is 3.65. The molecule has 1 unspecified atom stereocenters. The predicted molar refractivity (Wildman–Crippen MR) is 92.7 cm³/mol. The van der Waals surface area contributed by atoms with Crippen LogP contribution in [0.4, 0.5) is 0 Å². The maximum Gasteiger partial charge on any atom is 0.343 e. The van der Waals surface area contributed by atoms with Gasteiger partial charge >= 0.3 is 5.97 Å². The maximum atomic E-state index is 12.0. The Bertz CT molecular complexity index is 814. The third-order valence-corrected chi connectivity index (χ3v) is 4.81. The Morgan fingerprint density at radius 2 is 1.96 bits per heavy atom. The molecule has 0 bridgehead atoms. The standard InChI is InChI=1S/C14H16N6O4S/c15-10(21)7(5-6-18-13(16)17)14(20-24,12(22)23)11-19-8-3-1-2-4-9(8)25-11/h1-4,7H,5-6H2,(H2,15,21)(H,22,23)(H4,16,17,18)/t7?,14-/m0/s1. The zero-order valence-electron chi connectivity index (χ0n) is 13.0. The van der Waals surface area contributed by atoms with Crippen molar-refractivity contribution < 1.29 is 14.7 Å². The van der Waals surface area contributed by atoms with E-state index in [1.54, 1.807) is 24.3 Å². The molecule has 1 aromatic heterocycles. The van der Waals surface area contributed by atoms with Crippen molar-refractivity contribution in [1.29, 1.82) is 0 Å². The van der Waals surface area contributed by atoms with Crippen molar-refractivity contribution in [1.82, 2.24) is 4.98 Å². The number of nitrogens with two attached hydrogens (primary N) is 3. The lowest BCUT2D eigenvalue weighted by molar-refractivity contribution is -0.149. The molecule has 2 aromatic rings. The van der Waals surface area contributed by atoms with Gasteiger partial charge in [-0.25, -0.2) is 9.78 Å². The number of carbonyl (C=O) groups is 2. The Morgan fingerprint density at radius 3 is 2.48 bits per heavy atom. The SMILES string of the molecule is NC(=O)C(CCN=C(N)N)[C@@](N=O)(C(=O)O)c1nc2ccccc2s1. The molecule has 0 saturated heterocycles. The van der Waals surface area contributed by atoms with Gasteiger partial charge in [-0.2, -0.15) is 0 Å². The minimum absolute atomic E-state index is 0.0919. The van der Waals surface area contributed by atoms with Crippen molar-refractivity contribution in [2.24, 2.45) is 33.3 Å². The molecule has 7 N–H and O–H groups in total. The molecule has 1 aromatic carbocycles. The molecule has 0 fully saturated rings. The number of nitrogens with zero attached hydrogens (tertiary/aromatic N) is 3. The topological polar surface area (TPSA) is 187 Å².